The quantitative estimate of drug-likeness (QED) is 0.666. The fourth-order valence-corrected chi connectivity index (χ4v) is 3.95. The van der Waals surface area contributed by atoms with E-state index in [-0.39, 0.29) is 22.5 Å². The van der Waals surface area contributed by atoms with Gasteiger partial charge in [-0.15, -0.1) is 0 Å². The highest BCUT2D eigenvalue weighted by Crippen LogP contribution is 2.42. The number of nitrogens with one attached hydrogen (secondary N) is 1. The Labute approximate surface area is 171 Å². The zero-order valence-corrected chi connectivity index (χ0v) is 16.5. The number of nitrogens with two attached hydrogens (primary N) is 1. The number of nitriles is 2. The second kappa shape index (κ2) is 8.42. The Morgan fingerprint density at radius 3 is 2.38 bits per heavy atom. The third kappa shape index (κ3) is 3.75. The predicted molar refractivity (Wildman–Crippen MR) is 110 cm³/mol. The normalized spacial score (nSPS) is 10.1. The third-order valence-corrected chi connectivity index (χ3v) is 5.33. The largest absolute Gasteiger partial charge is 0.497 e. The number of nitrogen functional groups attached to an aromatic ring is 1. The summed E-state index contributed by atoms with van der Waals surface area (Å²) in [6.07, 6.45) is 0. The second-order valence-electron chi connectivity index (χ2n) is 5.83. The SMILES string of the molecule is COc1ccc(OC)c(Sc2ccccc2-c2c(C#N)c(N)[nH]c(=O)c2C#N)c1. The molecule has 144 valence electrons. The van der Waals surface area contributed by atoms with Gasteiger partial charge >= 0.3 is 0 Å². The molecule has 0 fully saturated rings. The Balaban J connectivity index is 2.25. The van der Waals surface area contributed by atoms with Crippen molar-refractivity contribution in [2.45, 2.75) is 9.79 Å². The van der Waals surface area contributed by atoms with Crippen LogP contribution in [-0.2, 0) is 0 Å². The number of benzene rings is 2. The van der Waals surface area contributed by atoms with Crippen molar-refractivity contribution in [3.8, 4) is 34.8 Å². The molecule has 8 heteroatoms. The Kier molecular flexibility index (Phi) is 5.77. The summed E-state index contributed by atoms with van der Waals surface area (Å²) in [6.45, 7) is 0. The summed E-state index contributed by atoms with van der Waals surface area (Å²) in [5.74, 6) is 1.21. The first-order valence-electron chi connectivity index (χ1n) is 8.39. The van der Waals surface area contributed by atoms with Crippen molar-refractivity contribution in [1.29, 1.82) is 10.5 Å². The van der Waals surface area contributed by atoms with Crippen LogP contribution in [-0.4, -0.2) is 19.2 Å². The van der Waals surface area contributed by atoms with Gasteiger partial charge in [0.2, 0.25) is 0 Å². The zero-order valence-electron chi connectivity index (χ0n) is 15.6. The molecule has 0 radical (unpaired) electrons. The van der Waals surface area contributed by atoms with Gasteiger partial charge in [-0.1, -0.05) is 30.0 Å². The number of hydrogen-bond donors (Lipinski definition) is 2. The van der Waals surface area contributed by atoms with E-state index in [4.69, 9.17) is 15.2 Å². The Morgan fingerprint density at radius 1 is 1.00 bits per heavy atom. The predicted octanol–water partition coefficient (Wildman–Crippen LogP) is 3.54. The Morgan fingerprint density at radius 2 is 1.72 bits per heavy atom. The Bertz CT molecular complexity index is 1220. The average Bonchev–Trinajstić information content (AvgIpc) is 2.73. The summed E-state index contributed by atoms with van der Waals surface area (Å²) in [4.78, 5) is 16.1. The number of methoxy groups -OCH3 is 2. The van der Waals surface area contributed by atoms with Gasteiger partial charge in [0.15, 0.2) is 0 Å². The molecule has 1 heterocycles. The molecule has 0 bridgehead atoms. The summed E-state index contributed by atoms with van der Waals surface area (Å²) in [5.41, 5.74) is 5.85. The number of aromatic nitrogens is 1. The fraction of sp³-hybridized carbons (Fsp3) is 0.0952. The molecule has 0 saturated heterocycles. The van der Waals surface area contributed by atoms with E-state index in [1.807, 2.05) is 30.3 Å². The minimum atomic E-state index is -0.641. The van der Waals surface area contributed by atoms with E-state index < -0.39 is 5.56 Å². The maximum absolute atomic E-state index is 12.3. The first-order valence-corrected chi connectivity index (χ1v) is 9.20. The lowest BCUT2D eigenvalue weighted by molar-refractivity contribution is 0.394. The molecule has 0 spiro atoms. The topological polar surface area (TPSA) is 125 Å². The monoisotopic (exact) mass is 404 g/mol. The molecule has 0 unspecified atom stereocenters. The van der Waals surface area contributed by atoms with Crippen LogP contribution in [0.2, 0.25) is 0 Å². The molecule has 3 rings (SSSR count). The first kappa shape index (κ1) is 19.9. The number of hydrogen-bond acceptors (Lipinski definition) is 7. The standard InChI is InChI=1S/C21H16N4O3S/c1-27-12-7-8-16(28-2)18(9-12)29-17-6-4-3-5-13(17)19-14(10-22)20(24)25-21(26)15(19)11-23/h3-9H,1-2H3,(H3,24,25,26). The van der Waals surface area contributed by atoms with Gasteiger partial charge in [-0.25, -0.2) is 0 Å². The number of aromatic amines is 1. The highest BCUT2D eigenvalue weighted by molar-refractivity contribution is 7.99. The molecule has 3 aromatic rings. The molecular formula is C21H16N4O3S. The number of pyridine rings is 1. The minimum Gasteiger partial charge on any atom is -0.497 e. The van der Waals surface area contributed by atoms with Gasteiger partial charge in [0, 0.05) is 10.5 Å². The lowest BCUT2D eigenvalue weighted by Gasteiger charge is -2.15. The highest BCUT2D eigenvalue weighted by atomic mass is 32.2. The van der Waals surface area contributed by atoms with Crippen molar-refractivity contribution < 1.29 is 9.47 Å². The van der Waals surface area contributed by atoms with Crippen LogP contribution in [0.25, 0.3) is 11.1 Å². The van der Waals surface area contributed by atoms with Crippen LogP contribution < -0.4 is 20.8 Å². The number of ether oxygens (including phenoxy) is 2. The van der Waals surface area contributed by atoms with E-state index in [1.54, 1.807) is 38.5 Å². The molecule has 0 aliphatic carbocycles. The number of H-pyrrole nitrogens is 1. The van der Waals surface area contributed by atoms with Crippen LogP contribution in [0.5, 0.6) is 11.5 Å². The van der Waals surface area contributed by atoms with E-state index in [1.165, 1.54) is 11.8 Å². The number of nitrogens with zero attached hydrogens (tertiary/aromatic N) is 2. The Hall–Kier alpha value is -3.88. The molecule has 3 N–H and O–H groups in total. The molecule has 2 aromatic carbocycles. The molecule has 0 saturated carbocycles. The van der Waals surface area contributed by atoms with E-state index >= 15 is 0 Å². The summed E-state index contributed by atoms with van der Waals surface area (Å²) < 4.78 is 10.7. The van der Waals surface area contributed by atoms with Crippen molar-refractivity contribution in [2.24, 2.45) is 0 Å². The van der Waals surface area contributed by atoms with Gasteiger partial charge in [-0.2, -0.15) is 10.5 Å². The number of rotatable bonds is 5. The molecule has 7 nitrogen and oxygen atoms in total. The van der Waals surface area contributed by atoms with Crippen LogP contribution in [0.15, 0.2) is 57.1 Å². The lowest BCUT2D eigenvalue weighted by atomic mass is 9.96. The molecule has 0 aliphatic heterocycles. The van der Waals surface area contributed by atoms with E-state index in [9.17, 15) is 15.3 Å². The van der Waals surface area contributed by atoms with E-state index in [0.29, 0.717) is 17.1 Å². The average molecular weight is 404 g/mol. The van der Waals surface area contributed by atoms with Gasteiger partial charge in [-0.3, -0.25) is 4.79 Å². The fourth-order valence-electron chi connectivity index (χ4n) is 2.86. The van der Waals surface area contributed by atoms with Crippen LogP contribution in [0.1, 0.15) is 11.1 Å². The van der Waals surface area contributed by atoms with Crippen LogP contribution in [0, 0.1) is 22.7 Å². The summed E-state index contributed by atoms with van der Waals surface area (Å²) >= 11 is 1.36. The maximum atomic E-state index is 12.3. The molecular weight excluding hydrogens is 388 g/mol. The van der Waals surface area contributed by atoms with Crippen LogP contribution >= 0.6 is 11.8 Å². The molecule has 0 aliphatic rings. The maximum Gasteiger partial charge on any atom is 0.268 e. The van der Waals surface area contributed by atoms with Gasteiger partial charge in [0.05, 0.1) is 19.1 Å². The van der Waals surface area contributed by atoms with Gasteiger partial charge in [-0.05, 0) is 29.8 Å². The van der Waals surface area contributed by atoms with Crippen molar-refractivity contribution in [2.75, 3.05) is 20.0 Å². The van der Waals surface area contributed by atoms with Crippen molar-refractivity contribution >= 4 is 17.6 Å². The summed E-state index contributed by atoms with van der Waals surface area (Å²) in [7, 11) is 3.14. The van der Waals surface area contributed by atoms with Crippen molar-refractivity contribution in [1.82, 2.24) is 4.98 Å². The smallest absolute Gasteiger partial charge is 0.268 e. The molecule has 29 heavy (non-hydrogen) atoms. The first-order chi connectivity index (χ1) is 14.0. The molecule has 0 amide bonds. The van der Waals surface area contributed by atoms with Crippen LogP contribution in [0.3, 0.4) is 0 Å². The minimum absolute atomic E-state index is 0.0480. The van der Waals surface area contributed by atoms with Crippen molar-refractivity contribution in [3.63, 3.8) is 0 Å². The zero-order chi connectivity index (χ0) is 21.0. The second-order valence-corrected chi connectivity index (χ2v) is 6.92. The van der Waals surface area contributed by atoms with Gasteiger partial charge < -0.3 is 20.2 Å². The third-order valence-electron chi connectivity index (χ3n) is 4.22. The summed E-state index contributed by atoms with van der Waals surface area (Å²) in [6, 6.07) is 16.4. The van der Waals surface area contributed by atoms with E-state index in [2.05, 4.69) is 4.98 Å². The lowest BCUT2D eigenvalue weighted by Crippen LogP contribution is -2.16. The van der Waals surface area contributed by atoms with E-state index in [0.717, 1.165) is 9.79 Å². The highest BCUT2D eigenvalue weighted by Gasteiger charge is 2.21. The number of anilines is 1. The van der Waals surface area contributed by atoms with Crippen LogP contribution in [0.4, 0.5) is 5.82 Å². The van der Waals surface area contributed by atoms with Crippen molar-refractivity contribution in [3.05, 3.63) is 63.9 Å². The summed E-state index contributed by atoms with van der Waals surface area (Å²) in [5, 5.41) is 19.1. The van der Waals surface area contributed by atoms with Gasteiger partial charge in [0.25, 0.3) is 5.56 Å². The molecule has 1 aromatic heterocycles. The molecule has 0 atom stereocenters. The van der Waals surface area contributed by atoms with Gasteiger partial charge in [0.1, 0.15) is 40.6 Å².